The number of rotatable bonds is 1. The standard InChI is InChI=1S/C13H26N2/c1-11-5-8-15(9-7-14-11)12-4-6-13(2,3)10-12/h11-12,14H,4-10H2,1-3H3. The first-order valence-electron chi connectivity index (χ1n) is 6.54. The Labute approximate surface area is 94.4 Å². The summed E-state index contributed by atoms with van der Waals surface area (Å²) in [7, 11) is 0. The molecule has 15 heavy (non-hydrogen) atoms. The van der Waals surface area contributed by atoms with Crippen LogP contribution < -0.4 is 5.32 Å². The van der Waals surface area contributed by atoms with E-state index in [2.05, 4.69) is 31.0 Å². The van der Waals surface area contributed by atoms with Gasteiger partial charge in [-0.15, -0.1) is 0 Å². The summed E-state index contributed by atoms with van der Waals surface area (Å²) < 4.78 is 0. The summed E-state index contributed by atoms with van der Waals surface area (Å²) >= 11 is 0. The molecular weight excluding hydrogens is 184 g/mol. The van der Waals surface area contributed by atoms with Crippen LogP contribution in [0.25, 0.3) is 0 Å². The molecule has 2 nitrogen and oxygen atoms in total. The van der Waals surface area contributed by atoms with Crippen molar-refractivity contribution in [2.24, 2.45) is 5.41 Å². The number of nitrogens with one attached hydrogen (secondary N) is 1. The van der Waals surface area contributed by atoms with Gasteiger partial charge in [-0.2, -0.15) is 0 Å². The molecule has 1 aliphatic heterocycles. The molecule has 2 unspecified atom stereocenters. The monoisotopic (exact) mass is 210 g/mol. The van der Waals surface area contributed by atoms with E-state index in [1.54, 1.807) is 0 Å². The fraction of sp³-hybridized carbons (Fsp3) is 1.00. The summed E-state index contributed by atoms with van der Waals surface area (Å²) in [6.07, 6.45) is 5.55. The Kier molecular flexibility index (Phi) is 3.36. The second-order valence-electron chi connectivity index (χ2n) is 6.24. The molecule has 1 heterocycles. The molecule has 2 heteroatoms. The molecule has 2 rings (SSSR count). The highest BCUT2D eigenvalue weighted by atomic mass is 15.2. The van der Waals surface area contributed by atoms with Crippen molar-refractivity contribution in [3.8, 4) is 0 Å². The predicted octanol–water partition coefficient (Wildman–Crippen LogP) is 2.25. The van der Waals surface area contributed by atoms with Crippen LogP contribution in [0.3, 0.4) is 0 Å². The van der Waals surface area contributed by atoms with Gasteiger partial charge in [0.05, 0.1) is 0 Å². The normalized spacial score (nSPS) is 37.8. The third-order valence-corrected chi connectivity index (χ3v) is 4.20. The average molecular weight is 210 g/mol. The van der Waals surface area contributed by atoms with Crippen LogP contribution >= 0.6 is 0 Å². The molecule has 0 amide bonds. The zero-order valence-corrected chi connectivity index (χ0v) is 10.6. The topological polar surface area (TPSA) is 15.3 Å². The Balaban J connectivity index is 1.88. The quantitative estimate of drug-likeness (QED) is 0.714. The van der Waals surface area contributed by atoms with Crippen LogP contribution in [0.5, 0.6) is 0 Å². The van der Waals surface area contributed by atoms with Gasteiger partial charge in [0.15, 0.2) is 0 Å². The Hall–Kier alpha value is -0.0800. The Morgan fingerprint density at radius 2 is 2.00 bits per heavy atom. The molecule has 0 bridgehead atoms. The molecule has 0 spiro atoms. The highest BCUT2D eigenvalue weighted by Crippen LogP contribution is 2.39. The van der Waals surface area contributed by atoms with E-state index >= 15 is 0 Å². The van der Waals surface area contributed by atoms with Crippen molar-refractivity contribution in [1.29, 1.82) is 0 Å². The fourth-order valence-corrected chi connectivity index (χ4v) is 3.10. The van der Waals surface area contributed by atoms with Crippen LogP contribution in [0.4, 0.5) is 0 Å². The minimum absolute atomic E-state index is 0.593. The van der Waals surface area contributed by atoms with Gasteiger partial charge in [-0.3, -0.25) is 4.90 Å². The van der Waals surface area contributed by atoms with Crippen molar-refractivity contribution in [2.75, 3.05) is 19.6 Å². The van der Waals surface area contributed by atoms with Crippen LogP contribution in [-0.2, 0) is 0 Å². The second-order valence-corrected chi connectivity index (χ2v) is 6.24. The molecule has 0 aromatic carbocycles. The number of nitrogens with zero attached hydrogens (tertiary/aromatic N) is 1. The predicted molar refractivity (Wildman–Crippen MR) is 65.1 cm³/mol. The van der Waals surface area contributed by atoms with Crippen molar-refractivity contribution in [3.63, 3.8) is 0 Å². The van der Waals surface area contributed by atoms with Crippen molar-refractivity contribution in [1.82, 2.24) is 10.2 Å². The van der Waals surface area contributed by atoms with E-state index in [9.17, 15) is 0 Å². The Morgan fingerprint density at radius 3 is 2.67 bits per heavy atom. The van der Waals surface area contributed by atoms with Crippen LogP contribution in [0.1, 0.15) is 46.5 Å². The summed E-state index contributed by atoms with van der Waals surface area (Å²) in [5, 5.41) is 3.58. The molecule has 1 saturated carbocycles. The highest BCUT2D eigenvalue weighted by Gasteiger charge is 2.34. The SMILES string of the molecule is CC1CCN(C2CCC(C)(C)C2)CCN1. The van der Waals surface area contributed by atoms with Gasteiger partial charge < -0.3 is 5.32 Å². The van der Waals surface area contributed by atoms with E-state index in [1.165, 1.54) is 45.3 Å². The second kappa shape index (κ2) is 4.42. The molecule has 0 aromatic rings. The summed E-state index contributed by atoms with van der Waals surface area (Å²) in [5.74, 6) is 0. The smallest absolute Gasteiger partial charge is 0.0110 e. The summed E-state index contributed by atoms with van der Waals surface area (Å²) in [6.45, 7) is 10.9. The highest BCUT2D eigenvalue weighted by molar-refractivity contribution is 4.89. The molecular formula is C13H26N2. The van der Waals surface area contributed by atoms with Crippen molar-refractivity contribution in [2.45, 2.75) is 58.5 Å². The third-order valence-electron chi connectivity index (χ3n) is 4.20. The van der Waals surface area contributed by atoms with Gasteiger partial charge in [0.2, 0.25) is 0 Å². The van der Waals surface area contributed by atoms with E-state index in [4.69, 9.17) is 0 Å². The van der Waals surface area contributed by atoms with E-state index < -0.39 is 0 Å². The fourth-order valence-electron chi connectivity index (χ4n) is 3.10. The van der Waals surface area contributed by atoms with Gasteiger partial charge in [0.1, 0.15) is 0 Å². The zero-order valence-electron chi connectivity index (χ0n) is 10.6. The number of hydrogen-bond acceptors (Lipinski definition) is 2. The zero-order chi connectivity index (χ0) is 10.9. The average Bonchev–Trinajstić information content (AvgIpc) is 2.39. The molecule has 0 aromatic heterocycles. The van der Waals surface area contributed by atoms with Gasteiger partial charge >= 0.3 is 0 Å². The Bertz CT molecular complexity index is 213. The lowest BCUT2D eigenvalue weighted by molar-refractivity contribution is 0.197. The first-order chi connectivity index (χ1) is 7.07. The first kappa shape index (κ1) is 11.4. The molecule has 1 aliphatic carbocycles. The lowest BCUT2D eigenvalue weighted by Gasteiger charge is -2.28. The Morgan fingerprint density at radius 1 is 1.20 bits per heavy atom. The van der Waals surface area contributed by atoms with Crippen LogP contribution in [0, 0.1) is 5.41 Å². The van der Waals surface area contributed by atoms with E-state index in [-0.39, 0.29) is 0 Å². The van der Waals surface area contributed by atoms with Crippen LogP contribution in [0.2, 0.25) is 0 Å². The summed E-state index contributed by atoms with van der Waals surface area (Å²) in [6, 6.07) is 1.58. The first-order valence-corrected chi connectivity index (χ1v) is 6.54. The van der Waals surface area contributed by atoms with E-state index in [0.717, 1.165) is 6.04 Å². The minimum atomic E-state index is 0.593. The lowest BCUT2D eigenvalue weighted by Crippen LogP contribution is -2.36. The lowest BCUT2D eigenvalue weighted by atomic mass is 9.91. The molecule has 1 N–H and O–H groups in total. The van der Waals surface area contributed by atoms with Gasteiger partial charge in [-0.25, -0.2) is 0 Å². The molecule has 2 fully saturated rings. The van der Waals surface area contributed by atoms with Gasteiger partial charge in [-0.1, -0.05) is 13.8 Å². The maximum atomic E-state index is 3.58. The minimum Gasteiger partial charge on any atom is -0.313 e. The van der Waals surface area contributed by atoms with Gasteiger partial charge in [0, 0.05) is 25.2 Å². The molecule has 0 radical (unpaired) electrons. The maximum absolute atomic E-state index is 3.58. The third kappa shape index (κ3) is 2.94. The van der Waals surface area contributed by atoms with E-state index in [0.29, 0.717) is 11.5 Å². The van der Waals surface area contributed by atoms with E-state index in [1.807, 2.05) is 0 Å². The molecule has 88 valence electrons. The van der Waals surface area contributed by atoms with Gasteiger partial charge in [0.25, 0.3) is 0 Å². The van der Waals surface area contributed by atoms with Crippen molar-refractivity contribution >= 4 is 0 Å². The van der Waals surface area contributed by atoms with Crippen molar-refractivity contribution in [3.05, 3.63) is 0 Å². The molecule has 2 aliphatic rings. The van der Waals surface area contributed by atoms with Crippen LogP contribution in [-0.4, -0.2) is 36.6 Å². The number of hydrogen-bond donors (Lipinski definition) is 1. The largest absolute Gasteiger partial charge is 0.313 e. The van der Waals surface area contributed by atoms with Crippen LogP contribution in [0.15, 0.2) is 0 Å². The molecule has 2 atom stereocenters. The molecule has 1 saturated heterocycles. The summed E-state index contributed by atoms with van der Waals surface area (Å²) in [4.78, 5) is 2.73. The van der Waals surface area contributed by atoms with Crippen molar-refractivity contribution < 1.29 is 0 Å². The summed E-state index contributed by atoms with van der Waals surface area (Å²) in [5.41, 5.74) is 0.593. The maximum Gasteiger partial charge on any atom is 0.0110 e. The van der Waals surface area contributed by atoms with Gasteiger partial charge in [-0.05, 0) is 44.6 Å².